The molecule has 120 valence electrons. The molecule has 0 aromatic carbocycles. The molecule has 3 heterocycles. The fourth-order valence-electron chi connectivity index (χ4n) is 3.87. The maximum Gasteiger partial charge on any atom is 0.277 e. The third kappa shape index (κ3) is 2.45. The summed E-state index contributed by atoms with van der Waals surface area (Å²) >= 11 is 0. The van der Waals surface area contributed by atoms with E-state index in [-0.39, 0.29) is 23.6 Å². The molecule has 1 aromatic heterocycles. The van der Waals surface area contributed by atoms with Crippen LogP contribution in [0.4, 0.5) is 0 Å². The van der Waals surface area contributed by atoms with Gasteiger partial charge in [0, 0.05) is 18.6 Å². The lowest BCUT2D eigenvalue weighted by molar-refractivity contribution is 0.0676. The quantitative estimate of drug-likeness (QED) is 0.868. The van der Waals surface area contributed by atoms with Crippen molar-refractivity contribution in [1.82, 2.24) is 20.4 Å². The summed E-state index contributed by atoms with van der Waals surface area (Å²) in [4.78, 5) is 27.4. The van der Waals surface area contributed by atoms with Gasteiger partial charge in [-0.3, -0.25) is 9.59 Å². The van der Waals surface area contributed by atoms with Gasteiger partial charge in [-0.2, -0.15) is 5.10 Å². The Morgan fingerprint density at radius 3 is 2.73 bits per heavy atom. The Morgan fingerprint density at radius 2 is 2.00 bits per heavy atom. The van der Waals surface area contributed by atoms with E-state index in [1.165, 1.54) is 0 Å². The number of nitrogens with zero attached hydrogens (tertiary/aromatic N) is 2. The summed E-state index contributed by atoms with van der Waals surface area (Å²) in [6, 6.07) is 0.470. The first kappa shape index (κ1) is 15.2. The van der Waals surface area contributed by atoms with Gasteiger partial charge in [-0.05, 0) is 44.2 Å². The van der Waals surface area contributed by atoms with E-state index in [4.69, 9.17) is 0 Å². The second kappa shape index (κ2) is 6.20. The maximum atomic E-state index is 13.1. The summed E-state index contributed by atoms with van der Waals surface area (Å²) in [5.41, 5.74) is 1.60. The third-order valence-electron chi connectivity index (χ3n) is 4.96. The molecule has 2 aliphatic rings. The molecular weight excluding hydrogens is 280 g/mol. The summed E-state index contributed by atoms with van der Waals surface area (Å²) in [5, 5.41) is 10.0. The molecule has 2 unspecified atom stereocenters. The molecule has 2 atom stereocenters. The molecule has 0 saturated carbocycles. The number of carbonyl (C=O) groups excluding carboxylic acids is 1. The minimum absolute atomic E-state index is 0.105. The number of aromatic amines is 1. The highest BCUT2D eigenvalue weighted by Crippen LogP contribution is 2.29. The number of H-pyrrole nitrogens is 1. The van der Waals surface area contributed by atoms with E-state index in [9.17, 15) is 9.59 Å². The van der Waals surface area contributed by atoms with Gasteiger partial charge in [-0.25, -0.2) is 5.10 Å². The number of rotatable bonds is 3. The van der Waals surface area contributed by atoms with Crippen LogP contribution in [0.5, 0.6) is 0 Å². The summed E-state index contributed by atoms with van der Waals surface area (Å²) in [6.07, 6.45) is 4.40. The van der Waals surface area contributed by atoms with E-state index in [1.807, 2.05) is 18.7 Å². The van der Waals surface area contributed by atoms with E-state index >= 15 is 0 Å². The van der Waals surface area contributed by atoms with Crippen LogP contribution in [0.25, 0.3) is 0 Å². The SMILES string of the molecule is CCc1n[nH]c(=O)c(C(=O)N2C3CCNCC2CC3)c1CC. The predicted molar refractivity (Wildman–Crippen MR) is 84.1 cm³/mol. The lowest BCUT2D eigenvalue weighted by atomic mass is 10.0. The third-order valence-corrected chi connectivity index (χ3v) is 4.96. The van der Waals surface area contributed by atoms with Crippen molar-refractivity contribution in [3.63, 3.8) is 0 Å². The number of nitrogens with one attached hydrogen (secondary N) is 2. The predicted octanol–water partition coefficient (Wildman–Crippen LogP) is 0.861. The summed E-state index contributed by atoms with van der Waals surface area (Å²) in [5.74, 6) is -0.105. The van der Waals surface area contributed by atoms with Gasteiger partial charge in [0.2, 0.25) is 0 Å². The van der Waals surface area contributed by atoms with Crippen LogP contribution in [-0.4, -0.2) is 46.2 Å². The number of aromatic nitrogens is 2. The number of aryl methyl sites for hydroxylation is 1. The molecule has 2 bridgehead atoms. The van der Waals surface area contributed by atoms with Crippen LogP contribution in [0.2, 0.25) is 0 Å². The summed E-state index contributed by atoms with van der Waals surface area (Å²) in [7, 11) is 0. The highest BCUT2D eigenvalue weighted by molar-refractivity contribution is 5.96. The Balaban J connectivity index is 2.03. The van der Waals surface area contributed by atoms with Crippen LogP contribution < -0.4 is 10.9 Å². The van der Waals surface area contributed by atoms with Crippen molar-refractivity contribution in [3.05, 3.63) is 27.2 Å². The highest BCUT2D eigenvalue weighted by Gasteiger charge is 2.39. The molecule has 3 rings (SSSR count). The van der Waals surface area contributed by atoms with Gasteiger partial charge in [-0.1, -0.05) is 13.8 Å². The lowest BCUT2D eigenvalue weighted by Crippen LogP contribution is -2.45. The van der Waals surface area contributed by atoms with Gasteiger partial charge in [0.15, 0.2) is 0 Å². The van der Waals surface area contributed by atoms with Crippen LogP contribution in [0.3, 0.4) is 0 Å². The molecule has 2 saturated heterocycles. The van der Waals surface area contributed by atoms with Gasteiger partial charge in [0.05, 0.1) is 5.69 Å². The van der Waals surface area contributed by atoms with Crippen molar-refractivity contribution >= 4 is 5.91 Å². The van der Waals surface area contributed by atoms with Gasteiger partial charge >= 0.3 is 0 Å². The number of fused-ring (bicyclic) bond motifs is 2. The standard InChI is InChI=1S/C16H24N4O2/c1-3-12-13(4-2)18-19-15(21)14(12)16(22)20-10-5-6-11(20)9-17-8-7-10/h10-11,17H,3-9H2,1-2H3,(H,19,21). The van der Waals surface area contributed by atoms with Crippen LogP contribution >= 0.6 is 0 Å². The van der Waals surface area contributed by atoms with Crippen LogP contribution in [0.15, 0.2) is 4.79 Å². The molecule has 2 fully saturated rings. The van der Waals surface area contributed by atoms with Crippen molar-refractivity contribution in [2.45, 2.75) is 58.0 Å². The van der Waals surface area contributed by atoms with Gasteiger partial charge in [0.25, 0.3) is 11.5 Å². The molecule has 6 heteroatoms. The highest BCUT2D eigenvalue weighted by atomic mass is 16.2. The smallest absolute Gasteiger partial charge is 0.277 e. The first-order valence-electron chi connectivity index (χ1n) is 8.31. The van der Waals surface area contributed by atoms with Gasteiger partial charge in [-0.15, -0.1) is 0 Å². The Hall–Kier alpha value is -1.69. The van der Waals surface area contributed by atoms with E-state index < -0.39 is 0 Å². The second-order valence-electron chi connectivity index (χ2n) is 6.15. The monoisotopic (exact) mass is 304 g/mol. The van der Waals surface area contributed by atoms with Crippen molar-refractivity contribution in [2.75, 3.05) is 13.1 Å². The fourth-order valence-corrected chi connectivity index (χ4v) is 3.87. The molecule has 1 amide bonds. The second-order valence-corrected chi connectivity index (χ2v) is 6.15. The molecule has 2 N–H and O–H groups in total. The number of amides is 1. The molecule has 0 aliphatic carbocycles. The zero-order valence-electron chi connectivity index (χ0n) is 13.3. The van der Waals surface area contributed by atoms with Crippen molar-refractivity contribution in [3.8, 4) is 0 Å². The van der Waals surface area contributed by atoms with Crippen LogP contribution in [0, 0.1) is 0 Å². The van der Waals surface area contributed by atoms with Crippen LogP contribution in [0.1, 0.15) is 54.7 Å². The molecular formula is C16H24N4O2. The Kier molecular flexibility index (Phi) is 4.29. The molecule has 0 radical (unpaired) electrons. The number of carbonyl (C=O) groups is 1. The van der Waals surface area contributed by atoms with Crippen molar-refractivity contribution in [1.29, 1.82) is 0 Å². The molecule has 22 heavy (non-hydrogen) atoms. The lowest BCUT2D eigenvalue weighted by Gasteiger charge is -2.28. The Morgan fingerprint density at radius 1 is 1.23 bits per heavy atom. The zero-order chi connectivity index (χ0) is 15.7. The van der Waals surface area contributed by atoms with Gasteiger partial charge < -0.3 is 10.2 Å². The Labute approximate surface area is 130 Å². The molecule has 6 nitrogen and oxygen atoms in total. The average Bonchev–Trinajstić information content (AvgIpc) is 2.79. The van der Waals surface area contributed by atoms with Crippen molar-refractivity contribution in [2.24, 2.45) is 0 Å². The number of hydrogen-bond acceptors (Lipinski definition) is 4. The van der Waals surface area contributed by atoms with E-state index in [0.29, 0.717) is 18.4 Å². The molecule has 1 aromatic rings. The van der Waals surface area contributed by atoms with E-state index in [1.54, 1.807) is 0 Å². The molecule has 0 spiro atoms. The normalized spacial score (nSPS) is 24.4. The fraction of sp³-hybridized carbons (Fsp3) is 0.688. The maximum absolute atomic E-state index is 13.1. The summed E-state index contributed by atoms with van der Waals surface area (Å²) in [6.45, 7) is 5.74. The van der Waals surface area contributed by atoms with Crippen LogP contribution in [-0.2, 0) is 12.8 Å². The van der Waals surface area contributed by atoms with E-state index in [2.05, 4.69) is 15.5 Å². The largest absolute Gasteiger partial charge is 0.331 e. The Bertz CT molecular complexity index is 611. The summed E-state index contributed by atoms with van der Waals surface area (Å²) < 4.78 is 0. The van der Waals surface area contributed by atoms with Crippen molar-refractivity contribution < 1.29 is 4.79 Å². The number of hydrogen-bond donors (Lipinski definition) is 2. The topological polar surface area (TPSA) is 78.1 Å². The first-order chi connectivity index (χ1) is 10.7. The zero-order valence-corrected chi connectivity index (χ0v) is 13.3. The minimum Gasteiger partial charge on any atom is -0.331 e. The minimum atomic E-state index is -0.351. The molecule has 2 aliphatic heterocycles. The van der Waals surface area contributed by atoms with Gasteiger partial charge in [0.1, 0.15) is 5.56 Å². The van der Waals surface area contributed by atoms with E-state index in [0.717, 1.165) is 43.6 Å². The first-order valence-corrected chi connectivity index (χ1v) is 8.31. The average molecular weight is 304 g/mol.